The summed E-state index contributed by atoms with van der Waals surface area (Å²) in [5.74, 6) is 0. The van der Waals surface area contributed by atoms with Gasteiger partial charge in [-0.15, -0.1) is 0 Å². The number of hydrogen-bond donors (Lipinski definition) is 1. The molecule has 4 nitrogen and oxygen atoms in total. The second-order valence-electron chi connectivity index (χ2n) is 5.25. The lowest BCUT2D eigenvalue weighted by atomic mass is 10.1. The summed E-state index contributed by atoms with van der Waals surface area (Å²) in [6.45, 7) is 2.98. The summed E-state index contributed by atoms with van der Waals surface area (Å²) in [5, 5.41) is 9.19. The summed E-state index contributed by atoms with van der Waals surface area (Å²) >= 11 is 0. The molecule has 3 aromatic rings. The summed E-state index contributed by atoms with van der Waals surface area (Å²) in [6, 6.07) is 8.46. The summed E-state index contributed by atoms with van der Waals surface area (Å²) < 4.78 is 4.14. The van der Waals surface area contributed by atoms with Gasteiger partial charge in [-0.3, -0.25) is 4.68 Å². The maximum absolute atomic E-state index is 4.73. The number of hydrogen-bond acceptors (Lipinski definition) is 2. The molecule has 0 amide bonds. The van der Waals surface area contributed by atoms with E-state index >= 15 is 0 Å². The Morgan fingerprint density at radius 3 is 2.70 bits per heavy atom. The monoisotopic (exact) mass is 268 g/mol. The van der Waals surface area contributed by atoms with E-state index in [1.54, 1.807) is 0 Å². The molecule has 104 valence electrons. The van der Waals surface area contributed by atoms with Crippen molar-refractivity contribution in [1.82, 2.24) is 19.7 Å². The second-order valence-corrected chi connectivity index (χ2v) is 5.25. The van der Waals surface area contributed by atoms with Crippen LogP contribution in [0.5, 0.6) is 0 Å². The maximum atomic E-state index is 4.73. The second kappa shape index (κ2) is 4.80. The van der Waals surface area contributed by atoms with Gasteiger partial charge in [-0.1, -0.05) is 18.2 Å². The van der Waals surface area contributed by atoms with Gasteiger partial charge in [0.25, 0.3) is 0 Å². The molecule has 0 radical (unpaired) electrons. The molecule has 0 saturated carbocycles. The van der Waals surface area contributed by atoms with Crippen molar-refractivity contribution < 1.29 is 0 Å². The van der Waals surface area contributed by atoms with Gasteiger partial charge < -0.3 is 9.88 Å². The van der Waals surface area contributed by atoms with Gasteiger partial charge in [0.15, 0.2) is 0 Å². The minimum Gasteiger partial charge on any atom is -0.350 e. The highest BCUT2D eigenvalue weighted by Crippen LogP contribution is 2.32. The van der Waals surface area contributed by atoms with Crippen molar-refractivity contribution in [2.45, 2.75) is 13.5 Å². The summed E-state index contributed by atoms with van der Waals surface area (Å²) in [5.41, 5.74) is 6.00. The predicted molar refractivity (Wildman–Crippen MR) is 82.6 cm³/mol. The van der Waals surface area contributed by atoms with Crippen LogP contribution in [0.15, 0.2) is 30.5 Å². The Bertz CT molecular complexity index is 764. The minimum atomic E-state index is 0.833. The molecule has 1 aromatic carbocycles. The first-order valence-electron chi connectivity index (χ1n) is 6.85. The Kier molecular flexibility index (Phi) is 3.10. The summed E-state index contributed by atoms with van der Waals surface area (Å²) in [6.07, 6.45) is 2.17. The van der Waals surface area contributed by atoms with E-state index in [1.807, 2.05) is 18.8 Å². The number of aromatic nitrogens is 3. The van der Waals surface area contributed by atoms with Crippen molar-refractivity contribution in [2.75, 3.05) is 7.05 Å². The van der Waals surface area contributed by atoms with Crippen LogP contribution in [0.3, 0.4) is 0 Å². The molecule has 0 unspecified atom stereocenters. The van der Waals surface area contributed by atoms with Gasteiger partial charge >= 0.3 is 0 Å². The minimum absolute atomic E-state index is 0.833. The Morgan fingerprint density at radius 1 is 1.20 bits per heavy atom. The lowest BCUT2D eigenvalue weighted by Crippen LogP contribution is -2.10. The molecule has 4 heteroatoms. The average molecular weight is 268 g/mol. The lowest BCUT2D eigenvalue weighted by molar-refractivity contribution is 0.671. The molecule has 0 atom stereocenters. The molecule has 0 spiro atoms. The highest BCUT2D eigenvalue weighted by Gasteiger charge is 2.17. The van der Waals surface area contributed by atoms with Crippen LogP contribution >= 0.6 is 0 Å². The Morgan fingerprint density at radius 2 is 1.95 bits per heavy atom. The van der Waals surface area contributed by atoms with Crippen LogP contribution in [-0.4, -0.2) is 21.4 Å². The molecule has 2 aromatic heterocycles. The van der Waals surface area contributed by atoms with Crippen LogP contribution in [0.1, 0.15) is 11.3 Å². The molecule has 3 rings (SSSR count). The highest BCUT2D eigenvalue weighted by molar-refractivity contribution is 5.95. The third-order valence-electron chi connectivity index (χ3n) is 3.93. The van der Waals surface area contributed by atoms with Crippen molar-refractivity contribution in [1.29, 1.82) is 0 Å². The van der Waals surface area contributed by atoms with Gasteiger partial charge in [0.2, 0.25) is 0 Å². The Balaban J connectivity index is 2.24. The van der Waals surface area contributed by atoms with Gasteiger partial charge in [0.1, 0.15) is 0 Å². The topological polar surface area (TPSA) is 34.8 Å². The van der Waals surface area contributed by atoms with Gasteiger partial charge in [-0.05, 0) is 25.6 Å². The molecule has 2 heterocycles. The first kappa shape index (κ1) is 12.9. The fourth-order valence-corrected chi connectivity index (χ4v) is 2.87. The van der Waals surface area contributed by atoms with Gasteiger partial charge in [-0.25, -0.2) is 0 Å². The number of para-hydroxylation sites is 1. The quantitative estimate of drug-likeness (QED) is 0.792. The molecule has 0 aliphatic heterocycles. The van der Waals surface area contributed by atoms with Crippen molar-refractivity contribution in [3.63, 3.8) is 0 Å². The lowest BCUT2D eigenvalue weighted by Gasteiger charge is -2.01. The van der Waals surface area contributed by atoms with Gasteiger partial charge in [0, 0.05) is 43.3 Å². The molecule has 0 fully saturated rings. The number of aryl methyl sites for hydroxylation is 2. The smallest absolute Gasteiger partial charge is 0.0977 e. The van der Waals surface area contributed by atoms with E-state index in [-0.39, 0.29) is 0 Å². The number of benzene rings is 1. The van der Waals surface area contributed by atoms with E-state index < -0.39 is 0 Å². The van der Waals surface area contributed by atoms with E-state index in [4.69, 9.17) is 5.10 Å². The molecular weight excluding hydrogens is 248 g/mol. The van der Waals surface area contributed by atoms with Gasteiger partial charge in [0.05, 0.1) is 11.4 Å². The van der Waals surface area contributed by atoms with Crippen LogP contribution in [0, 0.1) is 6.92 Å². The zero-order chi connectivity index (χ0) is 14.3. The summed E-state index contributed by atoms with van der Waals surface area (Å²) in [7, 11) is 6.05. The fourth-order valence-electron chi connectivity index (χ4n) is 2.87. The Labute approximate surface area is 119 Å². The molecule has 0 bridgehead atoms. The average Bonchev–Trinajstić information content (AvgIpc) is 2.92. The third-order valence-corrected chi connectivity index (χ3v) is 3.93. The highest BCUT2D eigenvalue weighted by atomic mass is 15.3. The zero-order valence-corrected chi connectivity index (χ0v) is 12.4. The SMILES string of the molecule is CNCc1c(C)c(-c2cn(C)c3ccccc23)nn1C. The maximum Gasteiger partial charge on any atom is 0.0977 e. The van der Waals surface area contributed by atoms with E-state index in [0.717, 1.165) is 12.2 Å². The molecule has 0 saturated heterocycles. The summed E-state index contributed by atoms with van der Waals surface area (Å²) in [4.78, 5) is 0. The molecular formula is C16H20N4. The fraction of sp³-hybridized carbons (Fsp3) is 0.312. The van der Waals surface area contributed by atoms with Crippen molar-refractivity contribution in [2.24, 2.45) is 14.1 Å². The van der Waals surface area contributed by atoms with E-state index in [2.05, 4.69) is 54.3 Å². The number of nitrogens with one attached hydrogen (secondary N) is 1. The van der Waals surface area contributed by atoms with E-state index in [9.17, 15) is 0 Å². The molecule has 0 aliphatic carbocycles. The third kappa shape index (κ3) is 1.84. The first-order chi connectivity index (χ1) is 9.63. The largest absolute Gasteiger partial charge is 0.350 e. The number of fused-ring (bicyclic) bond motifs is 1. The first-order valence-corrected chi connectivity index (χ1v) is 6.85. The predicted octanol–water partition coefficient (Wildman–Crippen LogP) is 2.61. The van der Waals surface area contributed by atoms with E-state index in [1.165, 1.54) is 27.7 Å². The molecule has 0 aliphatic rings. The van der Waals surface area contributed by atoms with Crippen LogP contribution in [-0.2, 0) is 20.6 Å². The van der Waals surface area contributed by atoms with Gasteiger partial charge in [-0.2, -0.15) is 5.10 Å². The zero-order valence-electron chi connectivity index (χ0n) is 12.4. The Hall–Kier alpha value is -2.07. The normalized spacial score (nSPS) is 11.4. The van der Waals surface area contributed by atoms with Crippen LogP contribution in [0.2, 0.25) is 0 Å². The van der Waals surface area contributed by atoms with Crippen molar-refractivity contribution >= 4 is 10.9 Å². The van der Waals surface area contributed by atoms with Crippen LogP contribution < -0.4 is 5.32 Å². The molecule has 1 N–H and O–H groups in total. The van der Waals surface area contributed by atoms with E-state index in [0.29, 0.717) is 0 Å². The van der Waals surface area contributed by atoms with Crippen molar-refractivity contribution in [3.8, 4) is 11.3 Å². The molecule has 20 heavy (non-hydrogen) atoms. The standard InChI is InChI=1S/C16H20N4/c1-11-15(9-17-2)20(4)18-16(11)13-10-19(3)14-8-6-5-7-12(13)14/h5-8,10,17H,9H2,1-4H3. The van der Waals surface area contributed by atoms with Crippen molar-refractivity contribution in [3.05, 3.63) is 41.7 Å². The number of rotatable bonds is 3. The van der Waals surface area contributed by atoms with Crippen LogP contribution in [0.25, 0.3) is 22.2 Å². The van der Waals surface area contributed by atoms with Crippen LogP contribution in [0.4, 0.5) is 0 Å². The number of nitrogens with zero attached hydrogens (tertiary/aromatic N) is 3.